The van der Waals surface area contributed by atoms with Gasteiger partial charge in [0.25, 0.3) is 0 Å². The fourth-order valence-electron chi connectivity index (χ4n) is 2.44. The highest BCUT2D eigenvalue weighted by molar-refractivity contribution is 9.13. The second kappa shape index (κ2) is 7.77. The third kappa shape index (κ3) is 3.56. The van der Waals surface area contributed by atoms with Crippen molar-refractivity contribution in [1.82, 2.24) is 9.55 Å². The van der Waals surface area contributed by atoms with Crippen LogP contribution >= 0.6 is 31.9 Å². The summed E-state index contributed by atoms with van der Waals surface area (Å²) in [5, 5.41) is 14.7. The van der Waals surface area contributed by atoms with E-state index in [1.165, 1.54) is 0 Å². The molecule has 1 atom stereocenters. The predicted octanol–water partition coefficient (Wildman–Crippen LogP) is 3.44. The Morgan fingerprint density at radius 1 is 1.50 bits per heavy atom. The molecule has 24 heavy (non-hydrogen) atoms. The fourth-order valence-corrected chi connectivity index (χ4v) is 3.29. The van der Waals surface area contributed by atoms with E-state index >= 15 is 0 Å². The van der Waals surface area contributed by atoms with Gasteiger partial charge in [-0.25, -0.2) is 4.98 Å². The SMILES string of the molecule is COC(CN)CNc1nc2c([N+](=O)[O-])c(Br)c(Br)cc2n1C(C)C. The van der Waals surface area contributed by atoms with Crippen LogP contribution in [0.1, 0.15) is 19.9 Å². The third-order valence-corrected chi connectivity index (χ3v) is 5.60. The first kappa shape index (κ1) is 19.1. The Kier molecular flexibility index (Phi) is 6.18. The maximum atomic E-state index is 11.5. The molecule has 2 rings (SSSR count). The fraction of sp³-hybridized carbons (Fsp3) is 0.500. The van der Waals surface area contributed by atoms with Gasteiger partial charge in [-0.05, 0) is 51.8 Å². The molecule has 1 aromatic heterocycles. The lowest BCUT2D eigenvalue weighted by molar-refractivity contribution is -0.384. The highest BCUT2D eigenvalue weighted by atomic mass is 79.9. The number of fused-ring (bicyclic) bond motifs is 1. The van der Waals surface area contributed by atoms with Gasteiger partial charge in [0.15, 0.2) is 5.52 Å². The van der Waals surface area contributed by atoms with E-state index in [1.807, 2.05) is 24.5 Å². The number of benzene rings is 1. The van der Waals surface area contributed by atoms with Crippen LogP contribution in [0.4, 0.5) is 11.6 Å². The monoisotopic (exact) mass is 463 g/mol. The van der Waals surface area contributed by atoms with Crippen molar-refractivity contribution >= 4 is 54.5 Å². The minimum absolute atomic E-state index is 0.0593. The van der Waals surface area contributed by atoms with E-state index in [2.05, 4.69) is 42.2 Å². The van der Waals surface area contributed by atoms with Crippen molar-refractivity contribution < 1.29 is 9.66 Å². The van der Waals surface area contributed by atoms with Crippen LogP contribution < -0.4 is 11.1 Å². The second-order valence-corrected chi connectivity index (χ2v) is 7.17. The number of nitro groups is 1. The van der Waals surface area contributed by atoms with Crippen molar-refractivity contribution in [2.45, 2.75) is 26.0 Å². The summed E-state index contributed by atoms with van der Waals surface area (Å²) in [6, 6.07) is 1.88. The number of ether oxygens (including phenoxy) is 1. The molecular weight excluding hydrogens is 446 g/mol. The lowest BCUT2D eigenvalue weighted by Gasteiger charge is -2.17. The van der Waals surface area contributed by atoms with Crippen molar-refractivity contribution in [2.24, 2.45) is 5.73 Å². The molecule has 1 aromatic carbocycles. The van der Waals surface area contributed by atoms with Gasteiger partial charge in [0, 0.05) is 30.7 Å². The highest BCUT2D eigenvalue weighted by Crippen LogP contribution is 2.40. The van der Waals surface area contributed by atoms with Gasteiger partial charge in [0.05, 0.1) is 16.5 Å². The van der Waals surface area contributed by atoms with E-state index < -0.39 is 4.92 Å². The maximum absolute atomic E-state index is 11.5. The molecule has 0 aliphatic carbocycles. The zero-order valence-corrected chi connectivity index (χ0v) is 16.7. The van der Waals surface area contributed by atoms with Crippen molar-refractivity contribution in [2.75, 3.05) is 25.5 Å². The molecule has 132 valence electrons. The smallest absolute Gasteiger partial charge is 0.312 e. The molecule has 0 spiro atoms. The second-order valence-electron chi connectivity index (χ2n) is 5.52. The molecule has 0 bridgehead atoms. The minimum atomic E-state index is -0.434. The zero-order chi connectivity index (χ0) is 18.0. The number of methoxy groups -OCH3 is 1. The van der Waals surface area contributed by atoms with Crippen molar-refractivity contribution in [3.05, 3.63) is 25.1 Å². The molecule has 0 amide bonds. The lowest BCUT2D eigenvalue weighted by atomic mass is 10.2. The molecule has 1 heterocycles. The van der Waals surface area contributed by atoms with Gasteiger partial charge in [0.1, 0.15) is 4.47 Å². The van der Waals surface area contributed by atoms with Gasteiger partial charge in [0.2, 0.25) is 5.95 Å². The van der Waals surface area contributed by atoms with Gasteiger partial charge in [-0.3, -0.25) is 10.1 Å². The number of nitro benzene ring substituents is 1. The molecular formula is C14H19Br2N5O3. The van der Waals surface area contributed by atoms with E-state index in [-0.39, 0.29) is 17.8 Å². The van der Waals surface area contributed by atoms with Crippen LogP contribution in [0.15, 0.2) is 15.0 Å². The Hall–Kier alpha value is -1.23. The van der Waals surface area contributed by atoms with Crippen LogP contribution in [-0.4, -0.2) is 40.8 Å². The van der Waals surface area contributed by atoms with E-state index in [4.69, 9.17) is 10.5 Å². The molecule has 0 aliphatic heterocycles. The van der Waals surface area contributed by atoms with E-state index in [0.29, 0.717) is 39.0 Å². The summed E-state index contributed by atoms with van der Waals surface area (Å²) < 4.78 is 8.14. The average molecular weight is 465 g/mol. The van der Waals surface area contributed by atoms with Gasteiger partial charge < -0.3 is 20.4 Å². The summed E-state index contributed by atoms with van der Waals surface area (Å²) in [4.78, 5) is 15.5. The first-order valence-electron chi connectivity index (χ1n) is 7.32. The van der Waals surface area contributed by atoms with Crippen LogP contribution in [0.2, 0.25) is 0 Å². The topological polar surface area (TPSA) is 108 Å². The maximum Gasteiger partial charge on any atom is 0.312 e. The highest BCUT2D eigenvalue weighted by Gasteiger charge is 2.26. The average Bonchev–Trinajstić information content (AvgIpc) is 2.86. The van der Waals surface area contributed by atoms with Crippen molar-refractivity contribution in [1.29, 1.82) is 0 Å². The summed E-state index contributed by atoms with van der Waals surface area (Å²) in [7, 11) is 1.59. The molecule has 1 unspecified atom stereocenters. The molecule has 0 saturated carbocycles. The molecule has 2 aromatic rings. The van der Waals surface area contributed by atoms with Crippen LogP contribution in [0.5, 0.6) is 0 Å². The largest absolute Gasteiger partial charge is 0.378 e. The number of imidazole rings is 1. The third-order valence-electron chi connectivity index (χ3n) is 3.64. The Balaban J connectivity index is 2.62. The molecule has 0 fully saturated rings. The Labute approximate surface area is 156 Å². The summed E-state index contributed by atoms with van der Waals surface area (Å²) in [6.45, 7) is 4.80. The number of halogens is 2. The van der Waals surface area contributed by atoms with Crippen LogP contribution in [0, 0.1) is 10.1 Å². The Bertz CT molecular complexity index is 759. The number of nitrogens with one attached hydrogen (secondary N) is 1. The number of nitrogens with zero attached hydrogens (tertiary/aromatic N) is 3. The molecule has 0 radical (unpaired) electrons. The zero-order valence-electron chi connectivity index (χ0n) is 13.5. The quantitative estimate of drug-likeness (QED) is 0.479. The number of aromatic nitrogens is 2. The summed E-state index contributed by atoms with van der Waals surface area (Å²) in [5.74, 6) is 0.545. The number of nitrogens with two attached hydrogens (primary N) is 1. The van der Waals surface area contributed by atoms with Gasteiger partial charge in [-0.1, -0.05) is 0 Å². The minimum Gasteiger partial charge on any atom is -0.378 e. The predicted molar refractivity (Wildman–Crippen MR) is 101 cm³/mol. The molecule has 3 N–H and O–H groups in total. The number of rotatable bonds is 7. The van der Waals surface area contributed by atoms with E-state index in [1.54, 1.807) is 7.11 Å². The van der Waals surface area contributed by atoms with E-state index in [0.717, 1.165) is 0 Å². The molecule has 0 saturated heterocycles. The summed E-state index contributed by atoms with van der Waals surface area (Å²) >= 11 is 6.63. The van der Waals surface area contributed by atoms with Crippen LogP contribution in [0.3, 0.4) is 0 Å². The van der Waals surface area contributed by atoms with Crippen LogP contribution in [-0.2, 0) is 4.74 Å². The summed E-state index contributed by atoms with van der Waals surface area (Å²) in [5.41, 5.74) is 6.57. The van der Waals surface area contributed by atoms with Gasteiger partial charge in [-0.15, -0.1) is 0 Å². The van der Waals surface area contributed by atoms with Crippen molar-refractivity contribution in [3.8, 4) is 0 Å². The van der Waals surface area contributed by atoms with Crippen LogP contribution in [0.25, 0.3) is 11.0 Å². The lowest BCUT2D eigenvalue weighted by Crippen LogP contribution is -2.30. The first-order valence-corrected chi connectivity index (χ1v) is 8.91. The first-order chi connectivity index (χ1) is 11.3. The van der Waals surface area contributed by atoms with E-state index in [9.17, 15) is 10.1 Å². The number of hydrogen-bond donors (Lipinski definition) is 2. The number of anilines is 1. The van der Waals surface area contributed by atoms with Gasteiger partial charge >= 0.3 is 5.69 Å². The Morgan fingerprint density at radius 2 is 2.17 bits per heavy atom. The normalized spacial score (nSPS) is 12.8. The summed E-state index contributed by atoms with van der Waals surface area (Å²) in [6.07, 6.45) is -0.168. The molecule has 0 aliphatic rings. The standard InChI is InChI=1S/C14H19Br2N5O3/c1-7(2)20-10-4-9(15)11(16)13(21(22)23)12(10)19-14(20)18-6-8(5-17)24-3/h4,7-8H,5-6,17H2,1-3H3,(H,18,19). The Morgan fingerprint density at radius 3 is 2.67 bits per heavy atom. The van der Waals surface area contributed by atoms with Crippen molar-refractivity contribution in [3.63, 3.8) is 0 Å². The number of hydrogen-bond acceptors (Lipinski definition) is 6. The molecule has 8 nitrogen and oxygen atoms in total. The van der Waals surface area contributed by atoms with Gasteiger partial charge in [-0.2, -0.15) is 0 Å². The molecule has 10 heteroatoms.